The molecule has 0 aliphatic carbocycles. The monoisotopic (exact) mass is 463 g/mol. The lowest BCUT2D eigenvalue weighted by atomic mass is 10.1. The molecule has 0 atom stereocenters. The van der Waals surface area contributed by atoms with Crippen molar-refractivity contribution in [2.45, 2.75) is 13.0 Å². The highest BCUT2D eigenvalue weighted by Gasteiger charge is 2.13. The highest BCUT2D eigenvalue weighted by Crippen LogP contribution is 2.33. The van der Waals surface area contributed by atoms with Gasteiger partial charge in [-0.1, -0.05) is 30.3 Å². The average molecular weight is 464 g/mol. The summed E-state index contributed by atoms with van der Waals surface area (Å²) in [6, 6.07) is 20.6. The van der Waals surface area contributed by atoms with Crippen molar-refractivity contribution in [3.05, 3.63) is 83.7 Å². The van der Waals surface area contributed by atoms with Crippen LogP contribution in [-0.4, -0.2) is 43.0 Å². The minimum Gasteiger partial charge on any atom is -0.483 e. The van der Waals surface area contributed by atoms with Crippen molar-refractivity contribution in [3.63, 3.8) is 0 Å². The van der Waals surface area contributed by atoms with E-state index in [4.69, 9.17) is 9.72 Å². The smallest absolute Gasteiger partial charge is 0.257 e. The molecule has 5 nitrogen and oxygen atoms in total. The van der Waals surface area contributed by atoms with Crippen LogP contribution in [0, 0.1) is 5.82 Å². The van der Waals surface area contributed by atoms with Gasteiger partial charge in [0, 0.05) is 24.2 Å². The maximum Gasteiger partial charge on any atom is 0.257 e. The Balaban J connectivity index is 1.41. The zero-order valence-corrected chi connectivity index (χ0v) is 19.5. The number of nitrogens with zero attached hydrogens (tertiary/aromatic N) is 2. The van der Waals surface area contributed by atoms with E-state index >= 15 is 0 Å². The van der Waals surface area contributed by atoms with E-state index in [0.717, 1.165) is 26.4 Å². The molecule has 0 bridgehead atoms. The molecule has 7 heteroatoms. The van der Waals surface area contributed by atoms with Gasteiger partial charge in [-0.2, -0.15) is 0 Å². The van der Waals surface area contributed by atoms with Crippen LogP contribution in [0.1, 0.15) is 11.1 Å². The van der Waals surface area contributed by atoms with Crippen molar-refractivity contribution < 1.29 is 13.9 Å². The van der Waals surface area contributed by atoms with Crippen molar-refractivity contribution >= 4 is 27.5 Å². The minimum absolute atomic E-state index is 0.0990. The first-order chi connectivity index (χ1) is 16.0. The zero-order chi connectivity index (χ0) is 23.2. The number of halogens is 1. The Morgan fingerprint density at radius 2 is 1.85 bits per heavy atom. The van der Waals surface area contributed by atoms with Crippen LogP contribution in [0.25, 0.3) is 20.8 Å². The van der Waals surface area contributed by atoms with Gasteiger partial charge in [-0.3, -0.25) is 4.79 Å². The Bertz CT molecular complexity index is 1220. The molecular formula is C26H26FN3O2S. The normalized spacial score (nSPS) is 11.2. The number of thiazole rings is 1. The molecule has 4 aromatic rings. The lowest BCUT2D eigenvalue weighted by molar-refractivity contribution is -0.123. The maximum atomic E-state index is 13.7. The summed E-state index contributed by atoms with van der Waals surface area (Å²) < 4.78 is 20.7. The summed E-state index contributed by atoms with van der Waals surface area (Å²) in [6.45, 7) is 0.922. The van der Waals surface area contributed by atoms with E-state index in [1.165, 1.54) is 6.07 Å². The first-order valence-corrected chi connectivity index (χ1v) is 11.6. The average Bonchev–Trinajstić information content (AvgIpc) is 3.23. The molecule has 0 aliphatic rings. The number of aromatic nitrogens is 1. The number of carbonyl (C=O) groups is 1. The number of para-hydroxylation sites is 1. The summed E-state index contributed by atoms with van der Waals surface area (Å²) in [5, 5.41) is 3.74. The number of ether oxygens (including phenoxy) is 1. The highest BCUT2D eigenvalue weighted by atomic mass is 32.1. The van der Waals surface area contributed by atoms with Crippen LogP contribution in [0.2, 0.25) is 0 Å². The van der Waals surface area contributed by atoms with E-state index in [9.17, 15) is 9.18 Å². The van der Waals surface area contributed by atoms with Gasteiger partial charge in [0.1, 0.15) is 16.6 Å². The fourth-order valence-corrected chi connectivity index (χ4v) is 4.51. The van der Waals surface area contributed by atoms with Crippen LogP contribution in [0.3, 0.4) is 0 Å². The summed E-state index contributed by atoms with van der Waals surface area (Å²) >= 11 is 1.65. The highest BCUT2D eigenvalue weighted by molar-refractivity contribution is 7.21. The molecule has 4 rings (SSSR count). The molecular weight excluding hydrogens is 437 g/mol. The molecule has 1 amide bonds. The second-order valence-electron chi connectivity index (χ2n) is 8.03. The van der Waals surface area contributed by atoms with E-state index in [1.54, 1.807) is 29.5 Å². The van der Waals surface area contributed by atoms with Crippen molar-refractivity contribution in [3.8, 4) is 16.3 Å². The van der Waals surface area contributed by atoms with Crippen LogP contribution >= 0.6 is 11.3 Å². The van der Waals surface area contributed by atoms with Crippen LogP contribution < -0.4 is 10.1 Å². The van der Waals surface area contributed by atoms with E-state index < -0.39 is 0 Å². The summed E-state index contributed by atoms with van der Waals surface area (Å²) in [7, 11) is 3.98. The van der Waals surface area contributed by atoms with Crippen molar-refractivity contribution in [2.75, 3.05) is 27.2 Å². The summed E-state index contributed by atoms with van der Waals surface area (Å²) in [5.41, 5.74) is 3.57. The van der Waals surface area contributed by atoms with Crippen LogP contribution in [0.4, 0.5) is 4.39 Å². The largest absolute Gasteiger partial charge is 0.483 e. The Labute approximate surface area is 196 Å². The van der Waals surface area contributed by atoms with E-state index in [2.05, 4.69) is 22.3 Å². The number of fused-ring (bicyclic) bond motifs is 1. The number of amides is 1. The van der Waals surface area contributed by atoms with Gasteiger partial charge in [-0.25, -0.2) is 9.37 Å². The number of hydrogen-bond donors (Lipinski definition) is 1. The fourth-order valence-electron chi connectivity index (χ4n) is 3.55. The van der Waals surface area contributed by atoms with Gasteiger partial charge in [-0.15, -0.1) is 11.3 Å². The fraction of sp³-hybridized carbons (Fsp3) is 0.231. The summed E-state index contributed by atoms with van der Waals surface area (Å²) in [4.78, 5) is 19.1. The van der Waals surface area contributed by atoms with Crippen LogP contribution in [0.5, 0.6) is 5.75 Å². The lowest BCUT2D eigenvalue weighted by Gasteiger charge is -2.16. The van der Waals surface area contributed by atoms with Crippen LogP contribution in [-0.2, 0) is 17.8 Å². The standard InChI is InChI=1S/C26H26FN3O2S/c1-30(2)16-20-15-19(26-29-22-9-5-6-10-24(22)33-26)11-12-23(20)32-17-25(31)28-14-13-18-7-3-4-8-21(18)27/h3-12,15H,13-14,16-17H2,1-2H3,(H,28,31). The Kier molecular flexibility index (Phi) is 7.32. The van der Waals surface area contributed by atoms with E-state index in [-0.39, 0.29) is 18.3 Å². The predicted octanol–water partition coefficient (Wildman–Crippen LogP) is 4.90. The van der Waals surface area contributed by atoms with E-state index in [0.29, 0.717) is 30.8 Å². The third-order valence-corrected chi connectivity index (χ3v) is 6.21. The molecule has 1 aromatic heterocycles. The zero-order valence-electron chi connectivity index (χ0n) is 18.7. The summed E-state index contributed by atoms with van der Waals surface area (Å²) in [6.07, 6.45) is 0.432. The van der Waals surface area contributed by atoms with Gasteiger partial charge in [0.05, 0.1) is 10.2 Å². The minimum atomic E-state index is -0.260. The number of hydrogen-bond acceptors (Lipinski definition) is 5. The molecule has 33 heavy (non-hydrogen) atoms. The van der Waals surface area contributed by atoms with Gasteiger partial charge in [0.2, 0.25) is 0 Å². The molecule has 0 aliphatic heterocycles. The molecule has 0 fully saturated rings. The quantitative estimate of drug-likeness (QED) is 0.384. The SMILES string of the molecule is CN(C)Cc1cc(-c2nc3ccccc3s2)ccc1OCC(=O)NCCc1ccccc1F. The molecule has 1 N–H and O–H groups in total. The number of benzene rings is 3. The van der Waals surface area contributed by atoms with Crippen molar-refractivity contribution in [1.82, 2.24) is 15.2 Å². The van der Waals surface area contributed by atoms with Gasteiger partial charge >= 0.3 is 0 Å². The molecule has 0 saturated carbocycles. The first-order valence-electron chi connectivity index (χ1n) is 10.8. The number of carbonyl (C=O) groups excluding carboxylic acids is 1. The van der Waals surface area contributed by atoms with E-state index in [1.807, 2.05) is 44.4 Å². The third-order valence-electron chi connectivity index (χ3n) is 5.12. The lowest BCUT2D eigenvalue weighted by Crippen LogP contribution is -2.31. The first kappa shape index (κ1) is 22.9. The molecule has 170 valence electrons. The second-order valence-corrected chi connectivity index (χ2v) is 9.06. The molecule has 0 radical (unpaired) electrons. The summed E-state index contributed by atoms with van der Waals surface area (Å²) in [5.74, 6) is 0.166. The topological polar surface area (TPSA) is 54.5 Å². The van der Waals surface area contributed by atoms with Gasteiger partial charge in [-0.05, 0) is 62.5 Å². The van der Waals surface area contributed by atoms with Gasteiger partial charge < -0.3 is 15.0 Å². The van der Waals surface area contributed by atoms with Crippen molar-refractivity contribution in [1.29, 1.82) is 0 Å². The maximum absolute atomic E-state index is 13.7. The second kappa shape index (κ2) is 10.6. The molecule has 0 unspecified atom stereocenters. The molecule has 0 saturated heterocycles. The molecule has 1 heterocycles. The number of nitrogens with one attached hydrogen (secondary N) is 1. The van der Waals surface area contributed by atoms with Gasteiger partial charge in [0.25, 0.3) is 5.91 Å². The Hall–Kier alpha value is -3.29. The number of rotatable bonds is 9. The predicted molar refractivity (Wildman–Crippen MR) is 131 cm³/mol. The Morgan fingerprint density at radius 3 is 2.64 bits per heavy atom. The van der Waals surface area contributed by atoms with Crippen molar-refractivity contribution in [2.24, 2.45) is 0 Å². The Morgan fingerprint density at radius 1 is 1.06 bits per heavy atom. The van der Waals surface area contributed by atoms with Gasteiger partial charge in [0.15, 0.2) is 6.61 Å². The molecule has 0 spiro atoms. The molecule has 3 aromatic carbocycles. The third kappa shape index (κ3) is 5.94. The van der Waals surface area contributed by atoms with Crippen LogP contribution in [0.15, 0.2) is 66.7 Å².